The molecule has 0 aliphatic carbocycles. The predicted molar refractivity (Wildman–Crippen MR) is 66.4 cm³/mol. The number of hydrogen-bond donors (Lipinski definition) is 3. The average Bonchev–Trinajstić information content (AvgIpc) is 2.36. The van der Waals surface area contributed by atoms with E-state index in [9.17, 15) is 19.7 Å². The number of nitrogens with one attached hydrogen (secondary N) is 2. The van der Waals surface area contributed by atoms with E-state index in [4.69, 9.17) is 5.11 Å². The van der Waals surface area contributed by atoms with Crippen molar-refractivity contribution in [3.8, 4) is 0 Å². The zero-order valence-corrected chi connectivity index (χ0v) is 10.1. The van der Waals surface area contributed by atoms with Crippen LogP contribution in [0.25, 0.3) is 0 Å². The van der Waals surface area contributed by atoms with Crippen LogP contribution in [0.3, 0.4) is 0 Å². The Balaban J connectivity index is 2.56. The molecule has 0 saturated carbocycles. The highest BCUT2D eigenvalue weighted by Gasteiger charge is 2.14. The van der Waals surface area contributed by atoms with E-state index in [1.807, 2.05) is 0 Å². The molecule has 3 N–H and O–H groups in total. The van der Waals surface area contributed by atoms with Crippen molar-refractivity contribution >= 4 is 23.2 Å². The summed E-state index contributed by atoms with van der Waals surface area (Å²) in [5, 5.41) is 23.9. The number of carbonyl (C=O) groups is 2. The summed E-state index contributed by atoms with van der Waals surface area (Å²) in [6, 6.07) is 5.06. The molecule has 8 heteroatoms. The maximum Gasteiger partial charge on any atom is 0.313 e. The van der Waals surface area contributed by atoms with Gasteiger partial charge in [0.05, 0.1) is 11.0 Å². The largest absolute Gasteiger partial charge is 0.392 e. The van der Waals surface area contributed by atoms with Crippen molar-refractivity contribution in [1.82, 2.24) is 5.32 Å². The van der Waals surface area contributed by atoms with Crippen LogP contribution < -0.4 is 10.6 Å². The summed E-state index contributed by atoms with van der Waals surface area (Å²) in [6.45, 7) is 1.43. The van der Waals surface area contributed by atoms with Gasteiger partial charge >= 0.3 is 11.8 Å². The molecule has 0 aromatic heterocycles. The molecule has 1 atom stereocenters. The number of nitrogens with zero attached hydrogens (tertiary/aromatic N) is 1. The summed E-state index contributed by atoms with van der Waals surface area (Å²) in [4.78, 5) is 32.5. The third-order valence-electron chi connectivity index (χ3n) is 2.10. The minimum atomic E-state index is -0.908. The van der Waals surface area contributed by atoms with Gasteiger partial charge in [0.15, 0.2) is 0 Å². The summed E-state index contributed by atoms with van der Waals surface area (Å²) in [6.07, 6.45) is -0.754. The molecule has 2 amide bonds. The number of rotatable bonds is 4. The Morgan fingerprint density at radius 3 is 2.37 bits per heavy atom. The highest BCUT2D eigenvalue weighted by atomic mass is 16.6. The summed E-state index contributed by atoms with van der Waals surface area (Å²) in [5.41, 5.74) is 0.152. The third kappa shape index (κ3) is 4.72. The van der Waals surface area contributed by atoms with Gasteiger partial charge in [0, 0.05) is 24.4 Å². The van der Waals surface area contributed by atoms with Gasteiger partial charge in [-0.15, -0.1) is 0 Å². The fraction of sp³-hybridized carbons (Fsp3) is 0.273. The molecule has 1 rings (SSSR count). The first-order chi connectivity index (χ1) is 8.90. The van der Waals surface area contributed by atoms with Crippen LogP contribution in [0.15, 0.2) is 24.3 Å². The molecular weight excluding hydrogens is 254 g/mol. The van der Waals surface area contributed by atoms with Crippen molar-refractivity contribution in [1.29, 1.82) is 0 Å². The van der Waals surface area contributed by atoms with Gasteiger partial charge in [-0.3, -0.25) is 19.7 Å². The van der Waals surface area contributed by atoms with E-state index in [1.165, 1.54) is 31.2 Å². The lowest BCUT2D eigenvalue weighted by Crippen LogP contribution is -2.38. The van der Waals surface area contributed by atoms with Gasteiger partial charge in [0.2, 0.25) is 0 Å². The lowest BCUT2D eigenvalue weighted by molar-refractivity contribution is -0.384. The van der Waals surface area contributed by atoms with Crippen LogP contribution in [0, 0.1) is 10.1 Å². The molecule has 0 radical (unpaired) electrons. The minimum Gasteiger partial charge on any atom is -0.392 e. The number of aliphatic hydroxyl groups excluding tert-OH is 1. The van der Waals surface area contributed by atoms with Crippen molar-refractivity contribution < 1.29 is 19.6 Å². The molecule has 1 aromatic carbocycles. The van der Waals surface area contributed by atoms with Crippen LogP contribution in [-0.2, 0) is 9.59 Å². The van der Waals surface area contributed by atoms with Gasteiger partial charge in [0.25, 0.3) is 5.69 Å². The molecule has 0 fully saturated rings. The molecule has 8 nitrogen and oxygen atoms in total. The Morgan fingerprint density at radius 2 is 1.89 bits per heavy atom. The van der Waals surface area contributed by atoms with Gasteiger partial charge in [-0.1, -0.05) is 0 Å². The highest BCUT2D eigenvalue weighted by molar-refractivity contribution is 6.39. The minimum absolute atomic E-state index is 0.0352. The maximum absolute atomic E-state index is 11.4. The van der Waals surface area contributed by atoms with Crippen molar-refractivity contribution in [2.75, 3.05) is 11.9 Å². The fourth-order valence-electron chi connectivity index (χ4n) is 1.18. The monoisotopic (exact) mass is 267 g/mol. The number of aliphatic hydroxyl groups is 1. The Morgan fingerprint density at radius 1 is 1.32 bits per heavy atom. The van der Waals surface area contributed by atoms with Gasteiger partial charge in [-0.05, 0) is 19.1 Å². The van der Waals surface area contributed by atoms with Gasteiger partial charge in [0.1, 0.15) is 0 Å². The number of benzene rings is 1. The number of anilines is 1. The average molecular weight is 267 g/mol. The molecule has 0 saturated heterocycles. The van der Waals surface area contributed by atoms with Crippen molar-refractivity contribution in [3.63, 3.8) is 0 Å². The summed E-state index contributed by atoms with van der Waals surface area (Å²) < 4.78 is 0. The lowest BCUT2D eigenvalue weighted by atomic mass is 10.3. The van der Waals surface area contributed by atoms with Crippen molar-refractivity contribution in [3.05, 3.63) is 34.4 Å². The second-order valence-electron chi connectivity index (χ2n) is 3.82. The number of amides is 2. The first kappa shape index (κ1) is 14.6. The molecule has 102 valence electrons. The SMILES string of the molecule is C[C@H](O)CNC(=O)C(=O)Nc1ccc([N+](=O)[O-])cc1. The quantitative estimate of drug-likeness (QED) is 0.403. The number of nitro groups is 1. The standard InChI is InChI=1S/C11H13N3O5/c1-7(15)6-12-10(16)11(17)13-8-2-4-9(5-3-8)14(18)19/h2-5,7,15H,6H2,1H3,(H,12,16)(H,13,17)/t7-/m0/s1. The molecule has 0 aliphatic heterocycles. The van der Waals surface area contributed by atoms with Gasteiger partial charge < -0.3 is 15.7 Å². The molecule has 19 heavy (non-hydrogen) atoms. The predicted octanol–water partition coefficient (Wildman–Crippen LogP) is 0.0303. The van der Waals surface area contributed by atoms with Crippen LogP contribution in [-0.4, -0.2) is 34.5 Å². The summed E-state index contributed by atoms with van der Waals surface area (Å²) >= 11 is 0. The van der Waals surface area contributed by atoms with Gasteiger partial charge in [-0.25, -0.2) is 0 Å². The summed E-state index contributed by atoms with van der Waals surface area (Å²) in [7, 11) is 0. The van der Waals surface area contributed by atoms with Crippen LogP contribution in [0.5, 0.6) is 0 Å². The molecular formula is C11H13N3O5. The van der Waals surface area contributed by atoms with Crippen LogP contribution in [0.1, 0.15) is 6.92 Å². The van der Waals surface area contributed by atoms with Crippen LogP contribution in [0.4, 0.5) is 11.4 Å². The van der Waals surface area contributed by atoms with E-state index in [2.05, 4.69) is 10.6 Å². The highest BCUT2D eigenvalue weighted by Crippen LogP contribution is 2.15. The third-order valence-corrected chi connectivity index (χ3v) is 2.10. The fourth-order valence-corrected chi connectivity index (χ4v) is 1.18. The van der Waals surface area contributed by atoms with Crippen molar-refractivity contribution in [2.45, 2.75) is 13.0 Å². The number of nitro benzene ring substituents is 1. The Bertz CT molecular complexity index is 484. The molecule has 0 spiro atoms. The second-order valence-corrected chi connectivity index (χ2v) is 3.82. The molecule has 0 bridgehead atoms. The van der Waals surface area contributed by atoms with Crippen molar-refractivity contribution in [2.24, 2.45) is 0 Å². The Labute approximate surface area is 108 Å². The Hall–Kier alpha value is -2.48. The van der Waals surface area contributed by atoms with Crippen LogP contribution in [0.2, 0.25) is 0 Å². The summed E-state index contributed by atoms with van der Waals surface area (Å²) in [5.74, 6) is -1.80. The van der Waals surface area contributed by atoms with Gasteiger partial charge in [-0.2, -0.15) is 0 Å². The number of non-ortho nitro benzene ring substituents is 1. The number of hydrogen-bond acceptors (Lipinski definition) is 5. The smallest absolute Gasteiger partial charge is 0.313 e. The molecule has 1 aromatic rings. The normalized spacial score (nSPS) is 11.5. The second kappa shape index (κ2) is 6.45. The van der Waals surface area contributed by atoms with E-state index in [-0.39, 0.29) is 17.9 Å². The van der Waals surface area contributed by atoms with E-state index in [0.29, 0.717) is 0 Å². The molecule has 0 heterocycles. The zero-order valence-electron chi connectivity index (χ0n) is 10.1. The number of carbonyl (C=O) groups excluding carboxylic acids is 2. The first-order valence-electron chi connectivity index (χ1n) is 5.42. The topological polar surface area (TPSA) is 122 Å². The van der Waals surface area contributed by atoms with E-state index >= 15 is 0 Å². The van der Waals surface area contributed by atoms with E-state index in [1.54, 1.807) is 0 Å². The molecule has 0 aliphatic rings. The van der Waals surface area contributed by atoms with E-state index < -0.39 is 22.8 Å². The Kier molecular flexibility index (Phi) is 4.95. The van der Waals surface area contributed by atoms with E-state index in [0.717, 1.165) is 0 Å². The maximum atomic E-state index is 11.4. The zero-order chi connectivity index (χ0) is 14.4. The molecule has 0 unspecified atom stereocenters. The first-order valence-corrected chi connectivity index (χ1v) is 5.42. The van der Waals surface area contributed by atoms with Crippen LogP contribution >= 0.6 is 0 Å². The lowest BCUT2D eigenvalue weighted by Gasteiger charge is -2.07.